The predicted molar refractivity (Wildman–Crippen MR) is 70.1 cm³/mol. The molecule has 6 heteroatoms. The van der Waals surface area contributed by atoms with E-state index in [2.05, 4.69) is 15.5 Å². The second-order valence-corrected chi connectivity index (χ2v) is 3.96. The van der Waals surface area contributed by atoms with Crippen molar-refractivity contribution in [3.05, 3.63) is 54.4 Å². The van der Waals surface area contributed by atoms with Gasteiger partial charge in [0.25, 0.3) is 5.91 Å². The maximum absolute atomic E-state index is 11.6. The highest BCUT2D eigenvalue weighted by Crippen LogP contribution is 2.20. The summed E-state index contributed by atoms with van der Waals surface area (Å²) >= 11 is 0. The fourth-order valence-corrected chi connectivity index (χ4v) is 1.96. The summed E-state index contributed by atoms with van der Waals surface area (Å²) < 4.78 is 1.62. The molecule has 19 heavy (non-hydrogen) atoms. The van der Waals surface area contributed by atoms with E-state index >= 15 is 0 Å². The number of rotatable bonds is 2. The summed E-state index contributed by atoms with van der Waals surface area (Å²) in [5.41, 5.74) is 4.77. The van der Waals surface area contributed by atoms with Gasteiger partial charge in [-0.25, -0.2) is 15.3 Å². The van der Waals surface area contributed by atoms with E-state index in [0.717, 1.165) is 11.3 Å². The summed E-state index contributed by atoms with van der Waals surface area (Å²) in [6.45, 7) is 0. The summed E-state index contributed by atoms with van der Waals surface area (Å²) in [6.07, 6.45) is 3.10. The number of hydrogen-bond donors (Lipinski definition) is 2. The number of nitrogens with two attached hydrogens (primary N) is 1. The van der Waals surface area contributed by atoms with Crippen LogP contribution in [0.15, 0.2) is 48.8 Å². The van der Waals surface area contributed by atoms with Crippen LogP contribution in [-0.4, -0.2) is 20.5 Å². The zero-order valence-electron chi connectivity index (χ0n) is 9.95. The molecule has 0 atom stereocenters. The molecule has 0 spiro atoms. The number of nitrogen functional groups attached to an aromatic ring is 1. The van der Waals surface area contributed by atoms with Crippen molar-refractivity contribution in [3.63, 3.8) is 0 Å². The van der Waals surface area contributed by atoms with Crippen molar-refractivity contribution >= 4 is 11.6 Å². The summed E-state index contributed by atoms with van der Waals surface area (Å²) in [4.78, 5) is 15.8. The molecular weight excluding hydrogens is 242 g/mol. The summed E-state index contributed by atoms with van der Waals surface area (Å²) in [6, 6.07) is 11.6. The molecule has 2 aromatic heterocycles. The molecule has 94 valence electrons. The van der Waals surface area contributed by atoms with Gasteiger partial charge in [0.05, 0.1) is 11.9 Å². The van der Waals surface area contributed by atoms with Crippen LogP contribution in [-0.2, 0) is 0 Å². The van der Waals surface area contributed by atoms with E-state index in [-0.39, 0.29) is 0 Å². The number of carbonyl (C=O) groups excluding carboxylic acids is 1. The molecule has 6 nitrogen and oxygen atoms in total. The number of aromatic nitrogens is 3. The van der Waals surface area contributed by atoms with Gasteiger partial charge in [-0.05, 0) is 6.07 Å². The lowest BCUT2D eigenvalue weighted by Crippen LogP contribution is -2.29. The van der Waals surface area contributed by atoms with Crippen molar-refractivity contribution in [3.8, 4) is 11.3 Å². The topological polar surface area (TPSA) is 85.3 Å². The number of carbonyl (C=O) groups is 1. The fraction of sp³-hybridized carbons (Fsp3) is 0. The Bertz CT molecular complexity index is 735. The summed E-state index contributed by atoms with van der Waals surface area (Å²) in [5.74, 6) is 4.73. The SMILES string of the molecule is NNC(=O)c1cnn2c(-c3ccccc3)ccnc12. The van der Waals surface area contributed by atoms with Crippen molar-refractivity contribution in [1.29, 1.82) is 0 Å². The molecule has 0 saturated carbocycles. The van der Waals surface area contributed by atoms with E-state index in [1.807, 2.05) is 36.4 Å². The van der Waals surface area contributed by atoms with E-state index in [1.54, 1.807) is 10.7 Å². The largest absolute Gasteiger partial charge is 0.290 e. The predicted octanol–water partition coefficient (Wildman–Crippen LogP) is 1.000. The molecule has 1 amide bonds. The van der Waals surface area contributed by atoms with Crippen molar-refractivity contribution in [2.45, 2.75) is 0 Å². The van der Waals surface area contributed by atoms with Crippen LogP contribution < -0.4 is 11.3 Å². The normalized spacial score (nSPS) is 10.6. The van der Waals surface area contributed by atoms with Gasteiger partial charge in [-0.2, -0.15) is 5.10 Å². The second-order valence-electron chi connectivity index (χ2n) is 3.96. The highest BCUT2D eigenvalue weighted by atomic mass is 16.2. The number of fused-ring (bicyclic) bond motifs is 1. The number of benzene rings is 1. The number of nitrogens with zero attached hydrogens (tertiary/aromatic N) is 3. The van der Waals surface area contributed by atoms with Crippen LogP contribution >= 0.6 is 0 Å². The first-order valence-electron chi connectivity index (χ1n) is 5.70. The average Bonchev–Trinajstić information content (AvgIpc) is 2.91. The van der Waals surface area contributed by atoms with E-state index < -0.39 is 5.91 Å². The van der Waals surface area contributed by atoms with Gasteiger partial charge in [0.15, 0.2) is 5.65 Å². The molecule has 0 aliphatic rings. The maximum atomic E-state index is 11.6. The molecule has 0 unspecified atom stereocenters. The van der Waals surface area contributed by atoms with Crippen molar-refractivity contribution in [2.24, 2.45) is 5.84 Å². The van der Waals surface area contributed by atoms with Gasteiger partial charge in [-0.3, -0.25) is 10.2 Å². The smallest absolute Gasteiger partial charge is 0.270 e. The molecule has 3 rings (SSSR count). The first-order valence-corrected chi connectivity index (χ1v) is 5.70. The second kappa shape index (κ2) is 4.51. The first kappa shape index (κ1) is 11.4. The van der Waals surface area contributed by atoms with Crippen molar-refractivity contribution in [1.82, 2.24) is 20.0 Å². The fourth-order valence-electron chi connectivity index (χ4n) is 1.96. The highest BCUT2D eigenvalue weighted by Gasteiger charge is 2.14. The average molecular weight is 253 g/mol. The Balaban J connectivity index is 2.23. The van der Waals surface area contributed by atoms with Gasteiger partial charge >= 0.3 is 0 Å². The molecule has 3 N–H and O–H groups in total. The number of hydrazine groups is 1. The summed E-state index contributed by atoms with van der Waals surface area (Å²) in [5, 5.41) is 4.20. The van der Waals surface area contributed by atoms with Crippen LogP contribution in [0.1, 0.15) is 10.4 Å². The zero-order valence-corrected chi connectivity index (χ0v) is 9.95. The minimum absolute atomic E-state index is 0.347. The highest BCUT2D eigenvalue weighted by molar-refractivity contribution is 5.99. The Morgan fingerprint density at radius 3 is 2.74 bits per heavy atom. The molecule has 1 aromatic carbocycles. The maximum Gasteiger partial charge on any atom is 0.270 e. The lowest BCUT2D eigenvalue weighted by Gasteiger charge is -2.04. The van der Waals surface area contributed by atoms with E-state index in [1.165, 1.54) is 6.20 Å². The van der Waals surface area contributed by atoms with Gasteiger partial charge in [0, 0.05) is 11.8 Å². The Kier molecular flexibility index (Phi) is 2.70. The van der Waals surface area contributed by atoms with Crippen LogP contribution in [0.2, 0.25) is 0 Å². The molecule has 0 aliphatic carbocycles. The van der Waals surface area contributed by atoms with Crippen LogP contribution in [0.3, 0.4) is 0 Å². The van der Waals surface area contributed by atoms with Crippen molar-refractivity contribution < 1.29 is 4.79 Å². The van der Waals surface area contributed by atoms with Gasteiger partial charge < -0.3 is 0 Å². The summed E-state index contributed by atoms with van der Waals surface area (Å²) in [7, 11) is 0. The van der Waals surface area contributed by atoms with Crippen LogP contribution in [0.25, 0.3) is 16.9 Å². The van der Waals surface area contributed by atoms with Crippen LogP contribution in [0.5, 0.6) is 0 Å². The molecule has 0 aliphatic heterocycles. The van der Waals surface area contributed by atoms with Gasteiger partial charge in [0.1, 0.15) is 5.56 Å². The minimum Gasteiger partial charge on any atom is -0.290 e. The third-order valence-corrected chi connectivity index (χ3v) is 2.85. The zero-order chi connectivity index (χ0) is 13.2. The van der Waals surface area contributed by atoms with Gasteiger partial charge in [-0.1, -0.05) is 30.3 Å². The third-order valence-electron chi connectivity index (χ3n) is 2.85. The number of amides is 1. The number of nitrogens with one attached hydrogen (secondary N) is 1. The molecule has 2 heterocycles. The molecule has 0 radical (unpaired) electrons. The minimum atomic E-state index is -0.410. The Morgan fingerprint density at radius 2 is 2.00 bits per heavy atom. The van der Waals surface area contributed by atoms with Crippen molar-refractivity contribution in [2.75, 3.05) is 0 Å². The van der Waals surface area contributed by atoms with Crippen LogP contribution in [0.4, 0.5) is 0 Å². The standard InChI is InChI=1S/C13H11N5O/c14-17-13(19)10-8-16-18-11(6-7-15-12(10)18)9-4-2-1-3-5-9/h1-8H,14H2,(H,17,19). The molecule has 3 aromatic rings. The Hall–Kier alpha value is -2.73. The lowest BCUT2D eigenvalue weighted by molar-refractivity contribution is 0.0955. The molecule has 0 saturated heterocycles. The number of hydrogen-bond acceptors (Lipinski definition) is 4. The molecule has 0 bridgehead atoms. The lowest BCUT2D eigenvalue weighted by atomic mass is 10.1. The third kappa shape index (κ3) is 1.84. The first-order chi connectivity index (χ1) is 9.31. The van der Waals surface area contributed by atoms with Gasteiger partial charge in [0.2, 0.25) is 0 Å². The molecular formula is C13H11N5O. The van der Waals surface area contributed by atoms with E-state index in [0.29, 0.717) is 11.2 Å². The van der Waals surface area contributed by atoms with E-state index in [9.17, 15) is 4.79 Å². The van der Waals surface area contributed by atoms with Gasteiger partial charge in [-0.15, -0.1) is 0 Å². The van der Waals surface area contributed by atoms with Crippen LogP contribution in [0, 0.1) is 0 Å². The molecule has 0 fully saturated rings. The Labute approximate surface area is 108 Å². The quantitative estimate of drug-likeness (QED) is 0.405. The monoisotopic (exact) mass is 253 g/mol. The van der Waals surface area contributed by atoms with E-state index in [4.69, 9.17) is 5.84 Å². The Morgan fingerprint density at radius 1 is 1.21 bits per heavy atom.